The number of carbonyl (C=O) groups is 3. The van der Waals surface area contributed by atoms with E-state index in [2.05, 4.69) is 5.32 Å². The Bertz CT molecular complexity index is 1740. The van der Waals surface area contributed by atoms with E-state index >= 15 is 0 Å². The number of carbonyl (C=O) groups excluding carboxylic acids is 3. The van der Waals surface area contributed by atoms with Crippen LogP contribution in [-0.4, -0.2) is 46.8 Å². The maximum absolute atomic E-state index is 14.8. The van der Waals surface area contributed by atoms with Gasteiger partial charge in [0.15, 0.2) is 0 Å². The van der Waals surface area contributed by atoms with Gasteiger partial charge in [0.05, 0.1) is 29.1 Å². The molecule has 8 nitrogen and oxygen atoms in total. The summed E-state index contributed by atoms with van der Waals surface area (Å²) in [7, 11) is 0. The number of para-hydroxylation sites is 1. The first kappa shape index (κ1) is 30.5. The fraction of sp³-hybridized carbons (Fsp3) is 0.250. The van der Waals surface area contributed by atoms with E-state index in [1.807, 2.05) is 6.07 Å². The lowest BCUT2D eigenvalue weighted by Crippen LogP contribution is -2.55. The van der Waals surface area contributed by atoms with Crippen LogP contribution in [-0.2, 0) is 15.7 Å². The molecule has 44 heavy (non-hydrogen) atoms. The number of aryl methyl sites for hydroxylation is 1. The summed E-state index contributed by atoms with van der Waals surface area (Å²) in [5, 5.41) is 7.34. The molecule has 1 aromatic heterocycles. The van der Waals surface area contributed by atoms with Crippen molar-refractivity contribution in [2.24, 2.45) is 0 Å². The molecular formula is C32H28F4N4O4. The minimum absolute atomic E-state index is 0.00134. The Morgan fingerprint density at radius 1 is 1.00 bits per heavy atom. The number of fused-ring (bicyclic) bond motifs is 1. The fourth-order valence-corrected chi connectivity index (χ4v) is 5.45. The number of esters is 1. The fourth-order valence-electron chi connectivity index (χ4n) is 5.45. The van der Waals surface area contributed by atoms with Crippen molar-refractivity contribution in [2.75, 3.05) is 18.1 Å². The summed E-state index contributed by atoms with van der Waals surface area (Å²) in [4.78, 5) is 41.7. The van der Waals surface area contributed by atoms with Gasteiger partial charge in [0.2, 0.25) is 0 Å². The van der Waals surface area contributed by atoms with Gasteiger partial charge >= 0.3 is 12.1 Å². The molecule has 1 aliphatic heterocycles. The summed E-state index contributed by atoms with van der Waals surface area (Å²) in [6.45, 7) is 5.20. The Hall–Kier alpha value is -5.00. The normalized spacial score (nSPS) is 16.4. The highest BCUT2D eigenvalue weighted by Gasteiger charge is 2.46. The third-order valence-corrected chi connectivity index (χ3v) is 7.41. The highest BCUT2D eigenvalue weighted by molar-refractivity contribution is 6.05. The zero-order valence-electron chi connectivity index (χ0n) is 24.0. The van der Waals surface area contributed by atoms with E-state index in [9.17, 15) is 31.9 Å². The van der Waals surface area contributed by atoms with Crippen LogP contribution >= 0.6 is 0 Å². The molecular weight excluding hydrogens is 580 g/mol. The molecule has 2 heterocycles. The molecule has 12 heteroatoms. The van der Waals surface area contributed by atoms with Gasteiger partial charge in [0.25, 0.3) is 11.8 Å². The highest BCUT2D eigenvalue weighted by atomic mass is 19.4. The van der Waals surface area contributed by atoms with Crippen LogP contribution in [0.5, 0.6) is 0 Å². The van der Waals surface area contributed by atoms with Crippen molar-refractivity contribution in [3.8, 4) is 5.69 Å². The molecule has 3 aromatic carbocycles. The van der Waals surface area contributed by atoms with Gasteiger partial charge in [0, 0.05) is 23.6 Å². The van der Waals surface area contributed by atoms with Gasteiger partial charge in [-0.3, -0.25) is 14.5 Å². The average molecular weight is 609 g/mol. The number of likely N-dealkylation sites (N-methyl/N-ethyl adjacent to an activating group) is 1. The lowest BCUT2D eigenvalue weighted by Gasteiger charge is -2.38. The van der Waals surface area contributed by atoms with E-state index < -0.39 is 47.3 Å². The molecule has 0 unspecified atom stereocenters. The van der Waals surface area contributed by atoms with Crippen molar-refractivity contribution in [3.63, 3.8) is 0 Å². The Morgan fingerprint density at radius 2 is 1.73 bits per heavy atom. The van der Waals surface area contributed by atoms with Gasteiger partial charge in [-0.15, -0.1) is 0 Å². The van der Waals surface area contributed by atoms with Gasteiger partial charge in [-0.1, -0.05) is 30.3 Å². The molecule has 2 amide bonds. The number of halogens is 4. The van der Waals surface area contributed by atoms with Crippen molar-refractivity contribution in [2.45, 2.75) is 38.9 Å². The van der Waals surface area contributed by atoms with E-state index in [0.717, 1.165) is 18.2 Å². The summed E-state index contributed by atoms with van der Waals surface area (Å²) >= 11 is 0. The standard InChI is InChI=1S/C32H28F4N4O4/c1-4-39-29-25(18(3)38-40(29)22-12-7-6-8-13-22)26(19-14-15-24(33)23(17-19)31(43)44-5-2)27(30(39)42)37-28(41)20-10-9-11-21(16-20)32(34,35)36/h6-17,26-27H,4-5H2,1-3H3,(H,37,41)/t26-,27-/m0/s1. The number of alkyl halides is 3. The summed E-state index contributed by atoms with van der Waals surface area (Å²) in [6.07, 6.45) is -4.69. The molecule has 0 radical (unpaired) electrons. The van der Waals surface area contributed by atoms with Crippen LogP contribution in [0.4, 0.5) is 23.4 Å². The smallest absolute Gasteiger partial charge is 0.416 e. The number of benzene rings is 3. The zero-order chi connectivity index (χ0) is 31.8. The van der Waals surface area contributed by atoms with Crippen molar-refractivity contribution < 1.29 is 36.7 Å². The van der Waals surface area contributed by atoms with E-state index in [0.29, 0.717) is 34.4 Å². The molecule has 0 bridgehead atoms. The minimum Gasteiger partial charge on any atom is -0.462 e. The first-order valence-corrected chi connectivity index (χ1v) is 13.9. The Kier molecular flexibility index (Phi) is 8.27. The number of aromatic nitrogens is 2. The summed E-state index contributed by atoms with van der Waals surface area (Å²) in [6, 6.07) is 15.3. The van der Waals surface area contributed by atoms with E-state index in [1.54, 1.807) is 49.7 Å². The lowest BCUT2D eigenvalue weighted by atomic mass is 9.80. The van der Waals surface area contributed by atoms with Gasteiger partial charge in [-0.2, -0.15) is 18.3 Å². The molecule has 0 aliphatic carbocycles. The minimum atomic E-state index is -4.69. The number of nitrogens with one attached hydrogen (secondary N) is 1. The molecule has 2 atom stereocenters. The maximum atomic E-state index is 14.8. The van der Waals surface area contributed by atoms with Crippen LogP contribution in [0.15, 0.2) is 72.8 Å². The van der Waals surface area contributed by atoms with Crippen LogP contribution < -0.4 is 10.2 Å². The van der Waals surface area contributed by atoms with E-state index in [1.165, 1.54) is 23.1 Å². The average Bonchev–Trinajstić information content (AvgIpc) is 3.34. The van der Waals surface area contributed by atoms with Crippen LogP contribution in [0.1, 0.15) is 62.9 Å². The number of rotatable bonds is 7. The van der Waals surface area contributed by atoms with Crippen LogP contribution in [0.25, 0.3) is 5.69 Å². The van der Waals surface area contributed by atoms with Gasteiger partial charge in [-0.05, 0) is 68.8 Å². The third-order valence-electron chi connectivity index (χ3n) is 7.41. The molecule has 0 fully saturated rings. The third kappa shape index (κ3) is 5.54. The lowest BCUT2D eigenvalue weighted by molar-refractivity contribution is -0.137. The summed E-state index contributed by atoms with van der Waals surface area (Å²) in [5.74, 6) is -3.82. The highest BCUT2D eigenvalue weighted by Crippen LogP contribution is 2.44. The zero-order valence-corrected chi connectivity index (χ0v) is 24.0. The van der Waals surface area contributed by atoms with Crippen molar-refractivity contribution in [1.82, 2.24) is 15.1 Å². The predicted octanol–water partition coefficient (Wildman–Crippen LogP) is 5.81. The maximum Gasteiger partial charge on any atom is 0.416 e. The van der Waals surface area contributed by atoms with Crippen molar-refractivity contribution in [1.29, 1.82) is 0 Å². The number of ether oxygens (including phenoxy) is 1. The van der Waals surface area contributed by atoms with Crippen LogP contribution in [0.2, 0.25) is 0 Å². The first-order chi connectivity index (χ1) is 21.0. The van der Waals surface area contributed by atoms with Gasteiger partial charge in [-0.25, -0.2) is 13.9 Å². The number of hydrogen-bond donors (Lipinski definition) is 1. The molecule has 1 aliphatic rings. The molecule has 4 aromatic rings. The van der Waals surface area contributed by atoms with Gasteiger partial charge in [0.1, 0.15) is 17.7 Å². The first-order valence-electron chi connectivity index (χ1n) is 13.9. The largest absolute Gasteiger partial charge is 0.462 e. The second-order valence-electron chi connectivity index (χ2n) is 10.1. The molecule has 0 saturated heterocycles. The summed E-state index contributed by atoms with van der Waals surface area (Å²) in [5.41, 5.74) is 0.262. The number of hydrogen-bond acceptors (Lipinski definition) is 5. The molecule has 0 spiro atoms. The monoisotopic (exact) mass is 608 g/mol. The number of amides is 2. The Morgan fingerprint density at radius 3 is 2.39 bits per heavy atom. The van der Waals surface area contributed by atoms with E-state index in [4.69, 9.17) is 9.84 Å². The van der Waals surface area contributed by atoms with Crippen molar-refractivity contribution >= 4 is 23.6 Å². The molecule has 1 N–H and O–H groups in total. The Labute approximate surface area is 250 Å². The van der Waals surface area contributed by atoms with E-state index in [-0.39, 0.29) is 24.3 Å². The van der Waals surface area contributed by atoms with Crippen LogP contribution in [0.3, 0.4) is 0 Å². The Balaban J connectivity index is 1.70. The summed E-state index contributed by atoms with van der Waals surface area (Å²) < 4.78 is 61.6. The van der Waals surface area contributed by atoms with Crippen molar-refractivity contribution in [3.05, 3.63) is 112 Å². The molecule has 228 valence electrons. The topological polar surface area (TPSA) is 93.5 Å². The second kappa shape index (κ2) is 11.9. The second-order valence-corrected chi connectivity index (χ2v) is 10.1. The SMILES string of the molecule is CCOC(=O)c1cc([C@H]2c3c(C)nn(-c4ccccc4)c3N(CC)C(=O)[C@H]2NC(=O)c2cccc(C(F)(F)F)c2)ccc1F. The number of nitrogens with zero attached hydrogens (tertiary/aromatic N) is 3. The number of anilines is 1. The van der Waals surface area contributed by atoms with Gasteiger partial charge < -0.3 is 10.1 Å². The molecule has 0 saturated carbocycles. The molecule has 5 rings (SSSR count). The predicted molar refractivity (Wildman–Crippen MR) is 153 cm³/mol. The van der Waals surface area contributed by atoms with Crippen LogP contribution in [0, 0.1) is 12.7 Å². The quantitative estimate of drug-likeness (QED) is 0.211.